The number of amides is 1. The quantitative estimate of drug-likeness (QED) is 0.833. The molecule has 1 aromatic carbocycles. The number of rotatable bonds is 7. The molecule has 22 heavy (non-hydrogen) atoms. The summed E-state index contributed by atoms with van der Waals surface area (Å²) in [6.07, 6.45) is 4.37. The third kappa shape index (κ3) is 4.10. The van der Waals surface area contributed by atoms with E-state index in [0.29, 0.717) is 6.04 Å². The maximum Gasteiger partial charge on any atom is 0.223 e. The molecular formula is C19H30N2O. The van der Waals surface area contributed by atoms with Crippen LogP contribution in [-0.4, -0.2) is 30.4 Å². The third-order valence-electron chi connectivity index (χ3n) is 4.95. The minimum absolute atomic E-state index is 0.149. The number of hydrogen-bond donors (Lipinski definition) is 1. The molecule has 122 valence electrons. The van der Waals surface area contributed by atoms with Crippen LogP contribution in [0.2, 0.25) is 0 Å². The van der Waals surface area contributed by atoms with E-state index in [-0.39, 0.29) is 11.8 Å². The molecule has 2 rings (SSSR count). The van der Waals surface area contributed by atoms with E-state index in [1.54, 1.807) is 0 Å². The van der Waals surface area contributed by atoms with Crippen molar-refractivity contribution >= 4 is 5.91 Å². The van der Waals surface area contributed by atoms with Crippen molar-refractivity contribution in [3.8, 4) is 0 Å². The Labute approximate surface area is 135 Å². The summed E-state index contributed by atoms with van der Waals surface area (Å²) in [5.41, 5.74) is 2.67. The van der Waals surface area contributed by atoms with Crippen LogP contribution in [0, 0.1) is 12.8 Å². The average molecular weight is 302 g/mol. The van der Waals surface area contributed by atoms with Gasteiger partial charge in [0.2, 0.25) is 5.91 Å². The second-order valence-electron chi connectivity index (χ2n) is 6.37. The molecule has 0 saturated carbocycles. The van der Waals surface area contributed by atoms with Crippen molar-refractivity contribution in [2.45, 2.75) is 52.5 Å². The van der Waals surface area contributed by atoms with Crippen molar-refractivity contribution in [2.75, 3.05) is 19.6 Å². The second-order valence-corrected chi connectivity index (χ2v) is 6.37. The first-order valence-corrected chi connectivity index (χ1v) is 8.74. The summed E-state index contributed by atoms with van der Waals surface area (Å²) in [6.45, 7) is 9.35. The Morgan fingerprint density at radius 2 is 1.82 bits per heavy atom. The fourth-order valence-corrected chi connectivity index (χ4v) is 3.45. The molecular weight excluding hydrogens is 272 g/mol. The summed E-state index contributed by atoms with van der Waals surface area (Å²) in [4.78, 5) is 14.8. The van der Waals surface area contributed by atoms with Crippen molar-refractivity contribution in [1.29, 1.82) is 0 Å². The van der Waals surface area contributed by atoms with E-state index in [1.807, 2.05) is 0 Å². The van der Waals surface area contributed by atoms with Crippen LogP contribution in [0.1, 0.15) is 56.7 Å². The lowest BCUT2D eigenvalue weighted by molar-refractivity contribution is -0.125. The Kier molecular flexibility index (Phi) is 6.44. The number of likely N-dealkylation sites (tertiary alicyclic amines) is 1. The second kappa shape index (κ2) is 8.33. The molecule has 1 aromatic rings. The Balaban J connectivity index is 2.09. The highest BCUT2D eigenvalue weighted by Crippen LogP contribution is 2.27. The van der Waals surface area contributed by atoms with Crippen molar-refractivity contribution in [2.24, 2.45) is 5.92 Å². The number of nitrogens with zero attached hydrogens (tertiary/aromatic N) is 1. The van der Waals surface area contributed by atoms with Crippen molar-refractivity contribution in [1.82, 2.24) is 10.2 Å². The summed E-state index contributed by atoms with van der Waals surface area (Å²) in [5, 5.41) is 3.21. The van der Waals surface area contributed by atoms with Gasteiger partial charge in [0.05, 0.1) is 6.04 Å². The van der Waals surface area contributed by atoms with E-state index >= 15 is 0 Å². The van der Waals surface area contributed by atoms with Gasteiger partial charge in [0.15, 0.2) is 0 Å². The molecule has 3 nitrogen and oxygen atoms in total. The fourth-order valence-electron chi connectivity index (χ4n) is 3.45. The predicted molar refractivity (Wildman–Crippen MR) is 91.8 cm³/mol. The van der Waals surface area contributed by atoms with Crippen LogP contribution < -0.4 is 5.32 Å². The highest BCUT2D eigenvalue weighted by Gasteiger charge is 2.25. The van der Waals surface area contributed by atoms with Gasteiger partial charge < -0.3 is 5.32 Å². The van der Waals surface area contributed by atoms with Gasteiger partial charge in [-0.2, -0.15) is 0 Å². The number of benzene rings is 1. The van der Waals surface area contributed by atoms with Crippen molar-refractivity contribution in [3.63, 3.8) is 0 Å². The van der Waals surface area contributed by atoms with Gasteiger partial charge in [0.25, 0.3) is 0 Å². The van der Waals surface area contributed by atoms with Gasteiger partial charge in [-0.15, -0.1) is 0 Å². The van der Waals surface area contributed by atoms with Crippen LogP contribution in [0.4, 0.5) is 0 Å². The van der Waals surface area contributed by atoms with E-state index < -0.39 is 0 Å². The maximum absolute atomic E-state index is 12.3. The van der Waals surface area contributed by atoms with E-state index in [4.69, 9.17) is 0 Å². The summed E-state index contributed by atoms with van der Waals surface area (Å²) in [6, 6.07) is 8.88. The number of carbonyl (C=O) groups is 1. The summed E-state index contributed by atoms with van der Waals surface area (Å²) < 4.78 is 0. The molecule has 1 atom stereocenters. The predicted octanol–water partition coefficient (Wildman–Crippen LogP) is 3.68. The zero-order valence-corrected chi connectivity index (χ0v) is 14.3. The molecule has 1 aliphatic rings. The number of aryl methyl sites for hydroxylation is 1. The monoisotopic (exact) mass is 302 g/mol. The molecule has 1 heterocycles. The van der Waals surface area contributed by atoms with Crippen molar-refractivity contribution in [3.05, 3.63) is 35.4 Å². The standard InChI is InChI=1S/C19H30N2O/c1-4-16(5-2)19(22)20-14-18(21-12-8-9-13-21)17-11-7-6-10-15(17)3/h6-7,10-11,16,18H,4-5,8-9,12-14H2,1-3H3,(H,20,22). The molecule has 1 N–H and O–H groups in total. The molecule has 1 saturated heterocycles. The maximum atomic E-state index is 12.3. The first-order chi connectivity index (χ1) is 10.7. The Hall–Kier alpha value is -1.35. The molecule has 1 amide bonds. The number of nitrogens with one attached hydrogen (secondary N) is 1. The van der Waals surface area contributed by atoms with Gasteiger partial charge in [0.1, 0.15) is 0 Å². The number of carbonyl (C=O) groups excluding carboxylic acids is 1. The average Bonchev–Trinajstić information content (AvgIpc) is 3.04. The first kappa shape index (κ1) is 17.0. The lowest BCUT2D eigenvalue weighted by Gasteiger charge is -2.30. The Morgan fingerprint density at radius 3 is 2.41 bits per heavy atom. The molecule has 0 aromatic heterocycles. The van der Waals surface area contributed by atoms with E-state index in [2.05, 4.69) is 55.3 Å². The summed E-state index contributed by atoms with van der Waals surface area (Å²) >= 11 is 0. The van der Waals surface area contributed by atoms with Crippen molar-refractivity contribution < 1.29 is 4.79 Å². The van der Waals surface area contributed by atoms with Crippen LogP contribution in [0.3, 0.4) is 0 Å². The zero-order valence-electron chi connectivity index (χ0n) is 14.3. The van der Waals surface area contributed by atoms with Crippen LogP contribution in [0.25, 0.3) is 0 Å². The minimum atomic E-state index is 0.149. The molecule has 0 aliphatic carbocycles. The topological polar surface area (TPSA) is 32.3 Å². The van der Waals surface area contributed by atoms with Gasteiger partial charge >= 0.3 is 0 Å². The van der Waals surface area contributed by atoms with Gasteiger partial charge in [-0.25, -0.2) is 0 Å². The lowest BCUT2D eigenvalue weighted by Crippen LogP contribution is -2.39. The molecule has 0 bridgehead atoms. The molecule has 0 spiro atoms. The normalized spacial score (nSPS) is 16.9. The molecule has 1 aliphatic heterocycles. The van der Waals surface area contributed by atoms with E-state index in [9.17, 15) is 4.79 Å². The highest BCUT2D eigenvalue weighted by molar-refractivity contribution is 5.78. The summed E-state index contributed by atoms with van der Waals surface area (Å²) in [7, 11) is 0. The van der Waals surface area contributed by atoms with Crippen LogP contribution >= 0.6 is 0 Å². The highest BCUT2D eigenvalue weighted by atomic mass is 16.1. The smallest absolute Gasteiger partial charge is 0.223 e. The molecule has 1 fully saturated rings. The molecule has 0 radical (unpaired) electrons. The van der Waals surface area contributed by atoms with Gasteiger partial charge in [-0.3, -0.25) is 9.69 Å². The number of hydrogen-bond acceptors (Lipinski definition) is 2. The Morgan fingerprint density at radius 1 is 1.18 bits per heavy atom. The first-order valence-electron chi connectivity index (χ1n) is 8.74. The van der Waals surface area contributed by atoms with Gasteiger partial charge in [0, 0.05) is 12.5 Å². The largest absolute Gasteiger partial charge is 0.354 e. The van der Waals surface area contributed by atoms with Crippen LogP contribution in [0.15, 0.2) is 24.3 Å². The third-order valence-corrected chi connectivity index (χ3v) is 4.95. The minimum Gasteiger partial charge on any atom is -0.354 e. The lowest BCUT2D eigenvalue weighted by atomic mass is 9.99. The summed E-state index contributed by atoms with van der Waals surface area (Å²) in [5.74, 6) is 0.360. The van der Waals surface area contributed by atoms with Gasteiger partial charge in [-0.05, 0) is 56.8 Å². The SMILES string of the molecule is CCC(CC)C(=O)NCC(c1ccccc1C)N1CCCC1. The van der Waals surface area contributed by atoms with E-state index in [0.717, 1.165) is 32.5 Å². The molecule has 1 unspecified atom stereocenters. The Bertz CT molecular complexity index is 476. The molecule has 3 heteroatoms. The zero-order chi connectivity index (χ0) is 15.9. The van der Waals surface area contributed by atoms with Gasteiger partial charge in [-0.1, -0.05) is 38.1 Å². The van der Waals surface area contributed by atoms with E-state index in [1.165, 1.54) is 24.0 Å². The fraction of sp³-hybridized carbons (Fsp3) is 0.632. The van der Waals surface area contributed by atoms with Crippen LogP contribution in [0.5, 0.6) is 0 Å². The van der Waals surface area contributed by atoms with Crippen LogP contribution in [-0.2, 0) is 4.79 Å².